The Balaban J connectivity index is 0.00000230. The van der Waals surface area contributed by atoms with Gasteiger partial charge >= 0.3 is 0 Å². The average molecular weight is 696 g/mol. The molecule has 1 saturated heterocycles. The molecule has 0 radical (unpaired) electrons. The van der Waals surface area contributed by atoms with Crippen LogP contribution in [0.25, 0.3) is 11.6 Å². The van der Waals surface area contributed by atoms with E-state index in [1.165, 1.54) is 16.2 Å². The van der Waals surface area contributed by atoms with Gasteiger partial charge < -0.3 is 34.9 Å². The first kappa shape index (κ1) is 37.1. The molecular weight excluding hydrogens is 643 g/mol. The zero-order chi connectivity index (χ0) is 34.9. The van der Waals surface area contributed by atoms with E-state index < -0.39 is 0 Å². The Morgan fingerprint density at radius 2 is 2.06 bits per heavy atom. The lowest BCUT2D eigenvalue weighted by Crippen LogP contribution is -2.51. The highest BCUT2D eigenvalue weighted by Gasteiger charge is 2.38. The summed E-state index contributed by atoms with van der Waals surface area (Å²) in [4.78, 5) is 14.1. The number of hydrogen-bond donors (Lipinski definition) is 3. The molecule has 6 rings (SSSR count). The van der Waals surface area contributed by atoms with Crippen LogP contribution in [0.4, 0.5) is 5.00 Å². The highest BCUT2D eigenvalue weighted by Crippen LogP contribution is 2.47. The van der Waals surface area contributed by atoms with Crippen molar-refractivity contribution in [1.82, 2.24) is 25.3 Å². The van der Waals surface area contributed by atoms with Gasteiger partial charge in [-0.1, -0.05) is 25.4 Å². The Hall–Kier alpha value is -3.12. The molecule has 0 amide bonds. The van der Waals surface area contributed by atoms with Crippen molar-refractivity contribution < 1.29 is 23.8 Å². The van der Waals surface area contributed by atoms with E-state index in [9.17, 15) is 5.26 Å². The molecule has 2 aliphatic heterocycles. The first-order chi connectivity index (χ1) is 24.0. The summed E-state index contributed by atoms with van der Waals surface area (Å²) in [6.45, 7) is 9.69. The number of fused-ring (bicyclic) bond motifs is 2. The van der Waals surface area contributed by atoms with Crippen molar-refractivity contribution in [2.75, 3.05) is 66.5 Å². The molecule has 0 saturated carbocycles. The van der Waals surface area contributed by atoms with E-state index in [2.05, 4.69) is 30.1 Å². The van der Waals surface area contributed by atoms with Gasteiger partial charge in [0.05, 0.1) is 48.4 Å². The molecule has 3 aromatic heterocycles. The summed E-state index contributed by atoms with van der Waals surface area (Å²) in [5, 5.41) is 25.6. The summed E-state index contributed by atoms with van der Waals surface area (Å²) in [5.74, 6) is 2.25. The molecule has 268 valence electrons. The third kappa shape index (κ3) is 8.11. The highest BCUT2D eigenvalue weighted by molar-refractivity contribution is 7.16. The standard InChI is InChI=1S/C35H49N7O4S.CH4O/c1-5-8-25-31(24-10-6-11-28-29(24)26(15-36)33(37)47-28)41-46-32(25)34-39-30-22(12-14-43-4)16-42(23-19-44-20-23)17-27(30)35(40-34)45-18-21(2)9-7-13-38-3;1-2/h21-24,38H,5-14,16-20,37H2,1-4H3;2H,1H3/t21-,22-,24?;/m0./s1. The van der Waals surface area contributed by atoms with E-state index in [0.29, 0.717) is 53.2 Å². The molecule has 1 fully saturated rings. The number of aliphatic hydroxyl groups is 1. The number of nitrogen functional groups attached to an aromatic ring is 1. The van der Waals surface area contributed by atoms with E-state index in [0.717, 1.165) is 119 Å². The quantitative estimate of drug-likeness (QED) is 0.182. The SMILES string of the molecule is CCCc1c(C2CCCc3sc(N)c(C#N)c32)noc1-c1nc(OC[C@@H](C)CCCNC)c2c(n1)[C@@H](CCOC)CN(C1COC1)C2.CO. The van der Waals surface area contributed by atoms with Crippen LogP contribution in [0.1, 0.15) is 103 Å². The lowest BCUT2D eigenvalue weighted by molar-refractivity contribution is -0.0733. The lowest BCUT2D eigenvalue weighted by atomic mass is 9.81. The number of aliphatic hydroxyl groups excluding tert-OH is 1. The first-order valence-corrected chi connectivity index (χ1v) is 18.5. The maximum Gasteiger partial charge on any atom is 0.221 e. The van der Waals surface area contributed by atoms with E-state index in [4.69, 9.17) is 44.7 Å². The summed E-state index contributed by atoms with van der Waals surface area (Å²) in [6.07, 6.45) is 7.52. The molecule has 13 heteroatoms. The fourth-order valence-corrected chi connectivity index (χ4v) is 8.41. The van der Waals surface area contributed by atoms with Crippen molar-refractivity contribution in [3.05, 3.63) is 38.5 Å². The van der Waals surface area contributed by atoms with Crippen LogP contribution in [0.5, 0.6) is 5.88 Å². The minimum atomic E-state index is -0.0412. The lowest BCUT2D eigenvalue weighted by Gasteiger charge is -2.42. The number of nitrogens with one attached hydrogen (secondary N) is 1. The highest BCUT2D eigenvalue weighted by atomic mass is 32.1. The van der Waals surface area contributed by atoms with Gasteiger partial charge in [-0.15, -0.1) is 11.3 Å². The van der Waals surface area contributed by atoms with Crippen LogP contribution in [0, 0.1) is 17.2 Å². The number of thiophene rings is 1. The smallest absolute Gasteiger partial charge is 0.221 e. The zero-order valence-electron chi connectivity index (χ0n) is 29.7. The normalized spacial score (nSPS) is 19.6. The fourth-order valence-electron chi connectivity index (χ4n) is 7.28. The van der Waals surface area contributed by atoms with Gasteiger partial charge in [-0.2, -0.15) is 10.2 Å². The number of aryl methyl sites for hydroxylation is 1. The molecule has 12 nitrogen and oxygen atoms in total. The van der Waals surface area contributed by atoms with Gasteiger partial charge in [0.15, 0.2) is 0 Å². The number of aromatic nitrogens is 3. The van der Waals surface area contributed by atoms with Gasteiger partial charge in [-0.3, -0.25) is 4.90 Å². The van der Waals surface area contributed by atoms with Crippen LogP contribution in [-0.4, -0.2) is 92.0 Å². The van der Waals surface area contributed by atoms with Crippen LogP contribution in [0.3, 0.4) is 0 Å². The summed E-state index contributed by atoms with van der Waals surface area (Å²) < 4.78 is 24.0. The monoisotopic (exact) mass is 695 g/mol. The molecule has 3 aromatic rings. The van der Waals surface area contributed by atoms with Crippen LogP contribution < -0.4 is 15.8 Å². The Kier molecular flexibility index (Phi) is 13.4. The second-order valence-corrected chi connectivity index (χ2v) is 14.5. The van der Waals surface area contributed by atoms with E-state index in [1.807, 2.05) is 7.05 Å². The topological polar surface area (TPSA) is 165 Å². The summed E-state index contributed by atoms with van der Waals surface area (Å²) >= 11 is 1.54. The van der Waals surface area contributed by atoms with Crippen molar-refractivity contribution in [3.63, 3.8) is 0 Å². The molecule has 3 atom stereocenters. The van der Waals surface area contributed by atoms with Gasteiger partial charge in [0.2, 0.25) is 17.5 Å². The van der Waals surface area contributed by atoms with Crippen LogP contribution >= 0.6 is 11.3 Å². The Morgan fingerprint density at radius 3 is 2.76 bits per heavy atom. The predicted octanol–water partition coefficient (Wildman–Crippen LogP) is 5.03. The first-order valence-electron chi connectivity index (χ1n) is 17.7. The van der Waals surface area contributed by atoms with Crippen LogP contribution in [0.2, 0.25) is 0 Å². The van der Waals surface area contributed by atoms with Gasteiger partial charge in [0.25, 0.3) is 0 Å². The number of rotatable bonds is 15. The van der Waals surface area contributed by atoms with Gasteiger partial charge in [0.1, 0.15) is 11.1 Å². The summed E-state index contributed by atoms with van der Waals surface area (Å²) in [5.41, 5.74) is 11.9. The minimum absolute atomic E-state index is 0.0412. The molecule has 5 heterocycles. The van der Waals surface area contributed by atoms with E-state index in [1.54, 1.807) is 7.11 Å². The maximum absolute atomic E-state index is 10.0. The maximum atomic E-state index is 10.0. The van der Waals surface area contributed by atoms with Crippen molar-refractivity contribution in [1.29, 1.82) is 5.26 Å². The Bertz CT molecular complexity index is 1570. The number of nitrogens with two attached hydrogens (primary N) is 1. The number of hydrogen-bond acceptors (Lipinski definition) is 13. The fraction of sp³-hybridized carbons (Fsp3) is 0.667. The predicted molar refractivity (Wildman–Crippen MR) is 190 cm³/mol. The van der Waals surface area contributed by atoms with Crippen LogP contribution in [-0.2, 0) is 28.9 Å². The summed E-state index contributed by atoms with van der Waals surface area (Å²) in [6, 6.07) is 2.76. The van der Waals surface area contributed by atoms with Crippen molar-refractivity contribution >= 4 is 16.3 Å². The number of nitriles is 1. The second kappa shape index (κ2) is 17.7. The molecule has 4 N–H and O–H groups in total. The van der Waals surface area contributed by atoms with Gasteiger partial charge in [0, 0.05) is 56.2 Å². The van der Waals surface area contributed by atoms with Crippen molar-refractivity contribution in [2.24, 2.45) is 5.92 Å². The second-order valence-electron chi connectivity index (χ2n) is 13.3. The average Bonchev–Trinajstić information content (AvgIpc) is 3.66. The Labute approximate surface area is 294 Å². The minimum Gasteiger partial charge on any atom is -0.477 e. The Morgan fingerprint density at radius 1 is 1.24 bits per heavy atom. The summed E-state index contributed by atoms with van der Waals surface area (Å²) in [7, 11) is 4.74. The number of anilines is 1. The third-order valence-electron chi connectivity index (χ3n) is 9.90. The molecule has 0 aromatic carbocycles. The number of nitrogens with zero attached hydrogens (tertiary/aromatic N) is 5. The molecule has 49 heavy (non-hydrogen) atoms. The van der Waals surface area contributed by atoms with E-state index >= 15 is 0 Å². The van der Waals surface area contributed by atoms with E-state index in [-0.39, 0.29) is 11.8 Å². The van der Waals surface area contributed by atoms with Crippen LogP contribution in [0.15, 0.2) is 4.52 Å². The molecule has 3 aliphatic rings. The van der Waals surface area contributed by atoms with Gasteiger partial charge in [-0.25, -0.2) is 4.98 Å². The number of ether oxygens (including phenoxy) is 3. The zero-order valence-corrected chi connectivity index (χ0v) is 30.5. The number of methoxy groups -OCH3 is 1. The molecule has 0 bridgehead atoms. The largest absolute Gasteiger partial charge is 0.477 e. The third-order valence-corrected chi connectivity index (χ3v) is 11.0. The molecule has 1 unspecified atom stereocenters. The van der Waals surface area contributed by atoms with Crippen molar-refractivity contribution in [3.8, 4) is 23.5 Å². The van der Waals surface area contributed by atoms with Gasteiger partial charge in [-0.05, 0) is 70.0 Å². The van der Waals surface area contributed by atoms with Crippen molar-refractivity contribution in [2.45, 2.75) is 89.6 Å². The molecule has 0 spiro atoms. The molecule has 1 aliphatic carbocycles. The molecular formula is C36H53N7O5S.